The van der Waals surface area contributed by atoms with Crippen molar-refractivity contribution in [2.24, 2.45) is 7.05 Å². The van der Waals surface area contributed by atoms with E-state index in [1.807, 2.05) is 12.1 Å². The lowest BCUT2D eigenvalue weighted by Gasteiger charge is -2.27. The molecule has 1 aliphatic rings. The molecule has 132 valence electrons. The van der Waals surface area contributed by atoms with Crippen LogP contribution in [0.25, 0.3) is 0 Å². The van der Waals surface area contributed by atoms with Crippen LogP contribution in [0.3, 0.4) is 0 Å². The number of anilines is 1. The quantitative estimate of drug-likeness (QED) is 0.837. The van der Waals surface area contributed by atoms with E-state index in [-0.39, 0.29) is 24.1 Å². The van der Waals surface area contributed by atoms with Crippen molar-refractivity contribution in [2.75, 3.05) is 18.0 Å². The second-order valence-corrected chi connectivity index (χ2v) is 6.35. The van der Waals surface area contributed by atoms with Gasteiger partial charge in [0.25, 0.3) is 5.56 Å². The van der Waals surface area contributed by atoms with Crippen LogP contribution in [0.1, 0.15) is 12.5 Å². The van der Waals surface area contributed by atoms with Gasteiger partial charge in [0, 0.05) is 44.1 Å². The minimum Gasteiger partial charge on any atom is -0.366 e. The number of fused-ring (bicyclic) bond motifs is 1. The first kappa shape index (κ1) is 17.0. The molecule has 1 aromatic heterocycles. The standard InChI is InChI=1S/C18H22N4O3/c1-13(22-10-7-14-5-3-4-6-15(14)22)11-19-16(23)12-21-9-8-17(24)20(2)18(21)25/h3-6,8-9,13H,7,10-12H2,1-2H3,(H,19,23)/t13-/m0/s1. The smallest absolute Gasteiger partial charge is 0.331 e. The first-order valence-corrected chi connectivity index (χ1v) is 8.35. The van der Waals surface area contributed by atoms with Gasteiger partial charge in [-0.25, -0.2) is 4.79 Å². The van der Waals surface area contributed by atoms with E-state index in [2.05, 4.69) is 29.3 Å². The summed E-state index contributed by atoms with van der Waals surface area (Å²) in [6.07, 6.45) is 2.37. The number of benzene rings is 1. The Hall–Kier alpha value is -2.83. The minimum atomic E-state index is -0.496. The maximum absolute atomic E-state index is 12.1. The monoisotopic (exact) mass is 342 g/mol. The van der Waals surface area contributed by atoms with E-state index >= 15 is 0 Å². The fraction of sp³-hybridized carbons (Fsp3) is 0.389. The number of nitrogens with one attached hydrogen (secondary N) is 1. The van der Waals surface area contributed by atoms with E-state index in [1.165, 1.54) is 35.1 Å². The molecule has 7 nitrogen and oxygen atoms in total. The van der Waals surface area contributed by atoms with Crippen LogP contribution in [0.5, 0.6) is 0 Å². The normalized spacial score (nSPS) is 14.2. The van der Waals surface area contributed by atoms with Gasteiger partial charge in [0.15, 0.2) is 0 Å². The minimum absolute atomic E-state index is 0.101. The second-order valence-electron chi connectivity index (χ2n) is 6.35. The van der Waals surface area contributed by atoms with Gasteiger partial charge in [-0.3, -0.25) is 18.7 Å². The van der Waals surface area contributed by atoms with Crippen LogP contribution < -0.4 is 21.5 Å². The SMILES string of the molecule is C[C@@H](CNC(=O)Cn1ccc(=O)n(C)c1=O)N1CCc2ccccc21. The van der Waals surface area contributed by atoms with Gasteiger partial charge in [0.1, 0.15) is 6.54 Å². The zero-order valence-electron chi connectivity index (χ0n) is 14.4. The summed E-state index contributed by atoms with van der Waals surface area (Å²) in [5, 5.41) is 2.87. The van der Waals surface area contributed by atoms with E-state index in [4.69, 9.17) is 0 Å². The van der Waals surface area contributed by atoms with Gasteiger partial charge in [0.05, 0.1) is 0 Å². The maximum atomic E-state index is 12.1. The summed E-state index contributed by atoms with van der Waals surface area (Å²) in [7, 11) is 1.39. The van der Waals surface area contributed by atoms with Crippen molar-refractivity contribution >= 4 is 11.6 Å². The highest BCUT2D eigenvalue weighted by Crippen LogP contribution is 2.28. The predicted molar refractivity (Wildman–Crippen MR) is 95.9 cm³/mol. The van der Waals surface area contributed by atoms with Gasteiger partial charge >= 0.3 is 5.69 Å². The summed E-state index contributed by atoms with van der Waals surface area (Å²) in [4.78, 5) is 37.8. The highest BCUT2D eigenvalue weighted by atomic mass is 16.2. The highest BCUT2D eigenvalue weighted by Gasteiger charge is 2.23. The molecule has 3 rings (SSSR count). The first-order chi connectivity index (χ1) is 12.0. The molecule has 1 aliphatic heterocycles. The number of para-hydroxylation sites is 1. The zero-order valence-corrected chi connectivity index (χ0v) is 14.4. The van der Waals surface area contributed by atoms with Crippen LogP contribution in [0.2, 0.25) is 0 Å². The molecule has 1 aromatic carbocycles. The summed E-state index contributed by atoms with van der Waals surface area (Å²) < 4.78 is 2.21. The Morgan fingerprint density at radius 3 is 2.80 bits per heavy atom. The van der Waals surface area contributed by atoms with E-state index in [1.54, 1.807) is 0 Å². The maximum Gasteiger partial charge on any atom is 0.331 e. The molecule has 0 fully saturated rings. The largest absolute Gasteiger partial charge is 0.366 e. The molecule has 2 aromatic rings. The molecule has 0 spiro atoms. The summed E-state index contributed by atoms with van der Waals surface area (Å²) in [5.41, 5.74) is 1.67. The average molecular weight is 342 g/mol. The summed E-state index contributed by atoms with van der Waals surface area (Å²) in [6.45, 7) is 3.40. The van der Waals surface area contributed by atoms with Crippen LogP contribution in [0, 0.1) is 0 Å². The van der Waals surface area contributed by atoms with Gasteiger partial charge in [-0.05, 0) is 25.0 Å². The van der Waals surface area contributed by atoms with Gasteiger partial charge in [0.2, 0.25) is 5.91 Å². The number of hydrogen-bond donors (Lipinski definition) is 1. The summed E-state index contributed by atoms with van der Waals surface area (Å²) in [6, 6.07) is 9.73. The molecule has 7 heteroatoms. The Labute approximate surface area is 145 Å². The molecule has 0 radical (unpaired) electrons. The number of amides is 1. The molecule has 2 heterocycles. The van der Waals surface area contributed by atoms with Gasteiger partial charge in [-0.15, -0.1) is 0 Å². The third kappa shape index (κ3) is 3.50. The lowest BCUT2D eigenvalue weighted by Crippen LogP contribution is -2.44. The Kier molecular flexibility index (Phi) is 4.74. The van der Waals surface area contributed by atoms with Crippen molar-refractivity contribution in [3.63, 3.8) is 0 Å². The number of carbonyl (C=O) groups excluding carboxylic acids is 1. The number of carbonyl (C=O) groups is 1. The van der Waals surface area contributed by atoms with Gasteiger partial charge in [-0.2, -0.15) is 0 Å². The molecule has 25 heavy (non-hydrogen) atoms. The molecule has 1 N–H and O–H groups in total. The van der Waals surface area contributed by atoms with Crippen molar-refractivity contribution in [2.45, 2.75) is 25.9 Å². The third-order valence-corrected chi connectivity index (χ3v) is 4.62. The third-order valence-electron chi connectivity index (χ3n) is 4.62. The molecular weight excluding hydrogens is 320 g/mol. The van der Waals surface area contributed by atoms with Crippen LogP contribution >= 0.6 is 0 Å². The van der Waals surface area contributed by atoms with Crippen LogP contribution in [0.4, 0.5) is 5.69 Å². The fourth-order valence-corrected chi connectivity index (χ4v) is 3.14. The Bertz CT molecular complexity index is 900. The van der Waals surface area contributed by atoms with E-state index in [0.29, 0.717) is 6.54 Å². The molecule has 0 saturated carbocycles. The molecular formula is C18H22N4O3. The number of rotatable bonds is 5. The zero-order chi connectivity index (χ0) is 18.0. The summed E-state index contributed by atoms with van der Waals surface area (Å²) >= 11 is 0. The van der Waals surface area contributed by atoms with Crippen molar-refractivity contribution in [3.05, 3.63) is 62.9 Å². The van der Waals surface area contributed by atoms with Gasteiger partial charge in [-0.1, -0.05) is 18.2 Å². The van der Waals surface area contributed by atoms with E-state index in [9.17, 15) is 14.4 Å². The molecule has 0 unspecified atom stereocenters. The number of aromatic nitrogens is 2. The Balaban J connectivity index is 1.59. The number of nitrogens with zero attached hydrogens (tertiary/aromatic N) is 3. The topological polar surface area (TPSA) is 76.3 Å². The van der Waals surface area contributed by atoms with E-state index in [0.717, 1.165) is 17.5 Å². The van der Waals surface area contributed by atoms with Crippen LogP contribution in [0.15, 0.2) is 46.1 Å². The Morgan fingerprint density at radius 1 is 1.24 bits per heavy atom. The second kappa shape index (κ2) is 6.96. The van der Waals surface area contributed by atoms with Crippen LogP contribution in [-0.4, -0.2) is 34.2 Å². The highest BCUT2D eigenvalue weighted by molar-refractivity contribution is 5.75. The van der Waals surface area contributed by atoms with Crippen molar-refractivity contribution in [3.8, 4) is 0 Å². The summed E-state index contributed by atoms with van der Waals surface area (Å²) in [5.74, 6) is -0.250. The molecule has 1 atom stereocenters. The first-order valence-electron chi connectivity index (χ1n) is 8.35. The Morgan fingerprint density at radius 2 is 2.00 bits per heavy atom. The predicted octanol–water partition coefficient (Wildman–Crippen LogP) is 0.114. The van der Waals surface area contributed by atoms with Crippen molar-refractivity contribution < 1.29 is 4.79 Å². The van der Waals surface area contributed by atoms with Crippen molar-refractivity contribution in [1.82, 2.24) is 14.5 Å². The lowest BCUT2D eigenvalue weighted by molar-refractivity contribution is -0.121. The molecule has 0 saturated heterocycles. The van der Waals surface area contributed by atoms with E-state index < -0.39 is 5.69 Å². The lowest BCUT2D eigenvalue weighted by atomic mass is 10.2. The van der Waals surface area contributed by atoms with Crippen LogP contribution in [-0.2, 0) is 24.8 Å². The number of hydrogen-bond acceptors (Lipinski definition) is 4. The van der Waals surface area contributed by atoms with Crippen molar-refractivity contribution in [1.29, 1.82) is 0 Å². The molecule has 0 aliphatic carbocycles. The van der Waals surface area contributed by atoms with Gasteiger partial charge < -0.3 is 10.2 Å². The molecule has 1 amide bonds. The molecule has 0 bridgehead atoms. The average Bonchev–Trinajstić information content (AvgIpc) is 3.04. The fourth-order valence-electron chi connectivity index (χ4n) is 3.14.